The monoisotopic (exact) mass is 443 g/mol. The first kappa shape index (κ1) is 21.5. The number of hydrogen-bond acceptors (Lipinski definition) is 2. The fourth-order valence-electron chi connectivity index (χ4n) is 2.73. The van der Waals surface area contributed by atoms with Crippen LogP contribution in [0.2, 0.25) is 10.0 Å². The van der Waals surface area contributed by atoms with E-state index in [4.69, 9.17) is 28.0 Å². The number of amides is 1. The molecule has 0 saturated heterocycles. The molecule has 8 heteroatoms. The average Bonchev–Trinajstić information content (AvgIpc) is 3.49. The Hall–Kier alpha value is -2.18. The number of hydrogen-bond donors (Lipinski definition) is 1. The molecule has 2 aromatic rings. The third-order valence-corrected chi connectivity index (χ3v) is 5.42. The zero-order valence-electron chi connectivity index (χ0n) is 15.4. The van der Waals surface area contributed by atoms with E-state index in [0.29, 0.717) is 16.9 Å². The lowest BCUT2D eigenvalue weighted by Gasteiger charge is -2.19. The minimum atomic E-state index is -4.49. The molecule has 1 atom stereocenters. The van der Waals surface area contributed by atoms with Gasteiger partial charge in [-0.25, -0.2) is 0 Å². The van der Waals surface area contributed by atoms with Gasteiger partial charge in [-0.3, -0.25) is 4.79 Å². The van der Waals surface area contributed by atoms with Crippen molar-refractivity contribution in [3.63, 3.8) is 0 Å². The van der Waals surface area contributed by atoms with Crippen LogP contribution in [-0.2, 0) is 4.79 Å². The summed E-state index contributed by atoms with van der Waals surface area (Å²) >= 11 is 11.9. The van der Waals surface area contributed by atoms with Gasteiger partial charge in [-0.05, 0) is 54.7 Å². The van der Waals surface area contributed by atoms with Crippen molar-refractivity contribution in [1.29, 1.82) is 0 Å². The SMILES string of the molecule is Cc1cc(C(/C=C/c2ccc(ONC(=O)C3CC3)cc2)C(F)(F)F)cc(Cl)c1Cl. The first-order valence-corrected chi connectivity index (χ1v) is 9.68. The highest BCUT2D eigenvalue weighted by molar-refractivity contribution is 6.42. The van der Waals surface area contributed by atoms with Crippen LogP contribution in [0, 0.1) is 12.8 Å². The summed E-state index contributed by atoms with van der Waals surface area (Å²) in [7, 11) is 0. The molecule has 0 aliphatic heterocycles. The van der Waals surface area contributed by atoms with E-state index in [0.717, 1.165) is 18.9 Å². The molecule has 0 aromatic heterocycles. The van der Waals surface area contributed by atoms with Crippen LogP contribution < -0.4 is 10.3 Å². The van der Waals surface area contributed by atoms with Crippen molar-refractivity contribution in [1.82, 2.24) is 5.48 Å². The number of halogens is 5. The molecule has 0 radical (unpaired) electrons. The molecular formula is C21H18Cl2F3NO2. The van der Waals surface area contributed by atoms with E-state index >= 15 is 0 Å². The summed E-state index contributed by atoms with van der Waals surface area (Å²) < 4.78 is 40.8. The molecule has 1 saturated carbocycles. The minimum Gasteiger partial charge on any atom is -0.380 e. The summed E-state index contributed by atoms with van der Waals surface area (Å²) in [5.41, 5.74) is 3.41. The Kier molecular flexibility index (Phi) is 6.44. The molecule has 1 aliphatic carbocycles. The van der Waals surface area contributed by atoms with Crippen LogP contribution in [0.4, 0.5) is 13.2 Å². The van der Waals surface area contributed by atoms with Crippen LogP contribution >= 0.6 is 23.2 Å². The summed E-state index contributed by atoms with van der Waals surface area (Å²) in [6.07, 6.45) is -0.322. The van der Waals surface area contributed by atoms with Gasteiger partial charge in [-0.15, -0.1) is 0 Å². The van der Waals surface area contributed by atoms with Gasteiger partial charge < -0.3 is 4.84 Å². The zero-order valence-corrected chi connectivity index (χ0v) is 16.9. The Morgan fingerprint density at radius 2 is 1.86 bits per heavy atom. The summed E-state index contributed by atoms with van der Waals surface area (Å²) in [4.78, 5) is 16.7. The number of aryl methyl sites for hydroxylation is 1. The summed E-state index contributed by atoms with van der Waals surface area (Å²) in [6, 6.07) is 8.96. The van der Waals surface area contributed by atoms with Crippen molar-refractivity contribution < 1.29 is 22.8 Å². The van der Waals surface area contributed by atoms with Crippen LogP contribution in [0.3, 0.4) is 0 Å². The number of allylic oxidation sites excluding steroid dienone is 1. The molecule has 0 bridgehead atoms. The van der Waals surface area contributed by atoms with Crippen molar-refractivity contribution in [2.75, 3.05) is 0 Å². The van der Waals surface area contributed by atoms with Crippen molar-refractivity contribution in [3.8, 4) is 5.75 Å². The van der Waals surface area contributed by atoms with E-state index in [1.165, 1.54) is 18.2 Å². The van der Waals surface area contributed by atoms with Crippen LogP contribution in [0.5, 0.6) is 5.75 Å². The number of rotatable bonds is 6. The number of carbonyl (C=O) groups is 1. The third-order valence-electron chi connectivity index (χ3n) is 4.52. The molecule has 1 N–H and O–H groups in total. The molecule has 1 aliphatic rings. The van der Waals surface area contributed by atoms with Crippen LogP contribution in [0.15, 0.2) is 42.5 Å². The lowest BCUT2D eigenvalue weighted by atomic mass is 9.95. The van der Waals surface area contributed by atoms with E-state index in [1.54, 1.807) is 31.2 Å². The molecule has 2 aromatic carbocycles. The molecule has 1 fully saturated rings. The number of alkyl halides is 3. The van der Waals surface area contributed by atoms with E-state index in [-0.39, 0.29) is 27.4 Å². The first-order chi connectivity index (χ1) is 13.6. The van der Waals surface area contributed by atoms with Gasteiger partial charge in [0, 0.05) is 5.92 Å². The highest BCUT2D eigenvalue weighted by atomic mass is 35.5. The fourth-order valence-corrected chi connectivity index (χ4v) is 3.12. The van der Waals surface area contributed by atoms with Crippen molar-refractivity contribution >= 4 is 35.2 Å². The van der Waals surface area contributed by atoms with E-state index < -0.39 is 12.1 Å². The number of carbonyl (C=O) groups excluding carboxylic acids is 1. The first-order valence-electron chi connectivity index (χ1n) is 8.92. The van der Waals surface area contributed by atoms with Gasteiger partial charge in [0.15, 0.2) is 5.75 Å². The lowest BCUT2D eigenvalue weighted by molar-refractivity contribution is -0.139. The molecule has 0 spiro atoms. The standard InChI is InChI=1S/C21H18Cl2F3NO2/c1-12-10-15(11-18(22)19(12)23)17(21(24,25)26)9-4-13-2-7-16(8-3-13)29-27-20(28)14-5-6-14/h2-4,7-11,14,17H,5-6H2,1H3,(H,27,28)/b9-4+. The van der Waals surface area contributed by atoms with E-state index in [1.807, 2.05) is 0 Å². The summed E-state index contributed by atoms with van der Waals surface area (Å²) in [6.45, 7) is 1.61. The minimum absolute atomic E-state index is 0.0153. The van der Waals surface area contributed by atoms with Gasteiger partial charge in [0.05, 0.1) is 16.0 Å². The maximum absolute atomic E-state index is 13.6. The van der Waals surface area contributed by atoms with Crippen molar-refractivity contribution in [2.24, 2.45) is 5.92 Å². The van der Waals surface area contributed by atoms with E-state index in [2.05, 4.69) is 5.48 Å². The molecule has 0 heterocycles. The Bertz CT molecular complexity index is 900. The summed E-state index contributed by atoms with van der Waals surface area (Å²) in [5, 5.41) is 0.323. The Labute approximate surface area is 176 Å². The Balaban J connectivity index is 1.73. The largest absolute Gasteiger partial charge is 0.399 e. The quantitative estimate of drug-likeness (QED) is 0.518. The van der Waals surface area contributed by atoms with Gasteiger partial charge in [0.1, 0.15) is 0 Å². The van der Waals surface area contributed by atoms with Crippen LogP contribution in [0.25, 0.3) is 6.08 Å². The van der Waals surface area contributed by atoms with Crippen LogP contribution in [0.1, 0.15) is 35.4 Å². The van der Waals surface area contributed by atoms with Gasteiger partial charge in [-0.1, -0.05) is 53.6 Å². The lowest BCUT2D eigenvalue weighted by Crippen LogP contribution is -2.28. The van der Waals surface area contributed by atoms with Gasteiger partial charge >= 0.3 is 6.18 Å². The zero-order chi connectivity index (χ0) is 21.2. The molecule has 154 valence electrons. The smallest absolute Gasteiger partial charge is 0.380 e. The summed E-state index contributed by atoms with van der Waals surface area (Å²) in [5.74, 6) is -1.59. The highest BCUT2D eigenvalue weighted by Gasteiger charge is 2.39. The van der Waals surface area contributed by atoms with Gasteiger partial charge in [-0.2, -0.15) is 18.7 Å². The second-order valence-corrected chi connectivity index (χ2v) is 7.71. The molecular weight excluding hydrogens is 426 g/mol. The molecule has 3 nitrogen and oxygen atoms in total. The van der Waals surface area contributed by atoms with Gasteiger partial charge in [0.2, 0.25) is 0 Å². The highest BCUT2D eigenvalue weighted by Crippen LogP contribution is 2.39. The second-order valence-electron chi connectivity index (χ2n) is 6.92. The third kappa shape index (κ3) is 5.67. The number of hydroxylamine groups is 1. The fraction of sp³-hybridized carbons (Fsp3) is 0.286. The molecule has 1 unspecified atom stereocenters. The van der Waals surface area contributed by atoms with Gasteiger partial charge in [0.25, 0.3) is 5.91 Å². The molecule has 29 heavy (non-hydrogen) atoms. The predicted octanol–water partition coefficient (Wildman–Crippen LogP) is 6.48. The van der Waals surface area contributed by atoms with Crippen LogP contribution in [-0.4, -0.2) is 12.1 Å². The normalized spacial score (nSPS) is 15.4. The average molecular weight is 444 g/mol. The maximum atomic E-state index is 13.6. The predicted molar refractivity (Wildman–Crippen MR) is 107 cm³/mol. The number of benzene rings is 2. The van der Waals surface area contributed by atoms with E-state index in [9.17, 15) is 18.0 Å². The number of nitrogens with one attached hydrogen (secondary N) is 1. The topological polar surface area (TPSA) is 38.3 Å². The van der Waals surface area contributed by atoms with Crippen molar-refractivity contribution in [3.05, 3.63) is 69.2 Å². The molecule has 1 amide bonds. The molecule has 3 rings (SSSR count). The maximum Gasteiger partial charge on any atom is 0.399 e. The van der Waals surface area contributed by atoms with Crippen molar-refractivity contribution in [2.45, 2.75) is 31.9 Å². The Morgan fingerprint density at radius 3 is 2.41 bits per heavy atom. The Morgan fingerprint density at radius 1 is 1.21 bits per heavy atom. The second kappa shape index (κ2) is 8.67.